The zero-order valence-electron chi connectivity index (χ0n) is 12.2. The third-order valence-electron chi connectivity index (χ3n) is 3.89. The number of fused-ring (bicyclic) bond motifs is 1. The number of hydrogen-bond acceptors (Lipinski definition) is 4. The normalized spacial score (nSPS) is 14.1. The van der Waals surface area contributed by atoms with Crippen molar-refractivity contribution in [3.63, 3.8) is 0 Å². The largest absolute Gasteiger partial charge is 0.469 e. The van der Waals surface area contributed by atoms with E-state index in [0.29, 0.717) is 18.7 Å². The molecule has 0 atom stereocenters. The molecule has 0 unspecified atom stereocenters. The lowest BCUT2D eigenvalue weighted by atomic mass is 10.1. The zero-order chi connectivity index (χ0) is 15.7. The van der Waals surface area contributed by atoms with E-state index in [4.69, 9.17) is 9.68 Å². The highest BCUT2D eigenvalue weighted by molar-refractivity contribution is 5.93. The Hall–Kier alpha value is -2.81. The third-order valence-corrected chi connectivity index (χ3v) is 3.89. The topological polar surface area (TPSA) is 90.1 Å². The molecule has 6 nitrogen and oxygen atoms in total. The van der Waals surface area contributed by atoms with Crippen LogP contribution < -0.4 is 5.56 Å². The Labute approximate surface area is 127 Å². The highest BCUT2D eigenvalue weighted by Crippen LogP contribution is 2.21. The van der Waals surface area contributed by atoms with Crippen LogP contribution in [0.4, 0.5) is 0 Å². The Balaban J connectivity index is 1.93. The molecule has 0 aromatic carbocycles. The van der Waals surface area contributed by atoms with Crippen molar-refractivity contribution in [2.24, 2.45) is 0 Å². The number of carbonyl (C=O) groups excluding carboxylic acids is 1. The average Bonchev–Trinajstić information content (AvgIpc) is 2.85. The lowest BCUT2D eigenvalue weighted by Crippen LogP contribution is -2.33. The van der Waals surface area contributed by atoms with E-state index in [0.717, 1.165) is 24.2 Å². The second kappa shape index (κ2) is 5.53. The van der Waals surface area contributed by atoms with E-state index in [1.807, 2.05) is 12.1 Å². The fourth-order valence-corrected chi connectivity index (χ4v) is 2.71. The SMILES string of the molecule is Cc1cc(C#N)c(=O)[nH]c1C(=O)N1CCCc2occc2C1. The van der Waals surface area contributed by atoms with Crippen LogP contribution in [0, 0.1) is 18.3 Å². The minimum absolute atomic E-state index is 0.0158. The number of aromatic amines is 1. The molecular weight excluding hydrogens is 282 g/mol. The first kappa shape index (κ1) is 14.1. The van der Waals surface area contributed by atoms with Gasteiger partial charge in [-0.15, -0.1) is 0 Å². The van der Waals surface area contributed by atoms with E-state index in [2.05, 4.69) is 4.98 Å². The van der Waals surface area contributed by atoms with Crippen LogP contribution in [0.25, 0.3) is 0 Å². The minimum Gasteiger partial charge on any atom is -0.469 e. The van der Waals surface area contributed by atoms with Gasteiger partial charge in [0.05, 0.1) is 6.26 Å². The molecule has 1 aliphatic rings. The van der Waals surface area contributed by atoms with E-state index >= 15 is 0 Å². The van der Waals surface area contributed by atoms with Crippen molar-refractivity contribution in [1.82, 2.24) is 9.88 Å². The van der Waals surface area contributed by atoms with E-state index in [9.17, 15) is 9.59 Å². The number of nitriles is 1. The Kier molecular flexibility index (Phi) is 3.55. The summed E-state index contributed by atoms with van der Waals surface area (Å²) in [5, 5.41) is 8.87. The standard InChI is InChI=1S/C16H15N3O3/c1-10-7-12(8-17)15(20)18-14(10)16(21)19-5-2-3-13-11(9-19)4-6-22-13/h4,6-7H,2-3,5,9H2,1H3,(H,18,20). The van der Waals surface area contributed by atoms with Gasteiger partial charge >= 0.3 is 0 Å². The van der Waals surface area contributed by atoms with Gasteiger partial charge in [-0.25, -0.2) is 0 Å². The van der Waals surface area contributed by atoms with E-state index in [-0.39, 0.29) is 17.2 Å². The van der Waals surface area contributed by atoms with Gasteiger partial charge in [0, 0.05) is 25.1 Å². The summed E-state index contributed by atoms with van der Waals surface area (Å²) in [4.78, 5) is 28.7. The van der Waals surface area contributed by atoms with Crippen molar-refractivity contribution in [3.05, 3.63) is 56.9 Å². The van der Waals surface area contributed by atoms with Crippen LogP contribution in [0.5, 0.6) is 0 Å². The molecule has 0 spiro atoms. The zero-order valence-corrected chi connectivity index (χ0v) is 12.2. The number of rotatable bonds is 1. The fourth-order valence-electron chi connectivity index (χ4n) is 2.71. The van der Waals surface area contributed by atoms with Crippen molar-refractivity contribution in [1.29, 1.82) is 5.26 Å². The van der Waals surface area contributed by atoms with E-state index < -0.39 is 5.56 Å². The van der Waals surface area contributed by atoms with Crippen LogP contribution in [-0.4, -0.2) is 22.3 Å². The van der Waals surface area contributed by atoms with Gasteiger partial charge in [0.15, 0.2) is 0 Å². The lowest BCUT2D eigenvalue weighted by Gasteiger charge is -2.21. The summed E-state index contributed by atoms with van der Waals surface area (Å²) >= 11 is 0. The summed E-state index contributed by atoms with van der Waals surface area (Å²) in [6, 6.07) is 5.14. The molecule has 1 aliphatic heterocycles. The highest BCUT2D eigenvalue weighted by atomic mass is 16.3. The molecule has 1 N–H and O–H groups in total. The number of H-pyrrole nitrogens is 1. The van der Waals surface area contributed by atoms with Gasteiger partial charge in [0.2, 0.25) is 0 Å². The predicted octanol–water partition coefficient (Wildman–Crippen LogP) is 1.74. The van der Waals surface area contributed by atoms with Gasteiger partial charge in [-0.2, -0.15) is 5.26 Å². The number of carbonyl (C=O) groups is 1. The summed E-state index contributed by atoms with van der Waals surface area (Å²) < 4.78 is 5.41. The van der Waals surface area contributed by atoms with Crippen molar-refractivity contribution < 1.29 is 9.21 Å². The monoisotopic (exact) mass is 297 g/mol. The number of aromatic nitrogens is 1. The first-order valence-electron chi connectivity index (χ1n) is 7.08. The molecule has 0 saturated carbocycles. The maximum Gasteiger partial charge on any atom is 0.270 e. The Morgan fingerprint density at radius 1 is 1.50 bits per heavy atom. The third kappa shape index (κ3) is 2.42. The summed E-state index contributed by atoms with van der Waals surface area (Å²) in [6.45, 7) is 2.78. The molecule has 0 radical (unpaired) electrons. The number of aryl methyl sites for hydroxylation is 2. The first-order valence-corrected chi connectivity index (χ1v) is 7.08. The molecule has 1 amide bonds. The number of hydrogen-bond donors (Lipinski definition) is 1. The fraction of sp³-hybridized carbons (Fsp3) is 0.312. The van der Waals surface area contributed by atoms with Crippen LogP contribution in [-0.2, 0) is 13.0 Å². The highest BCUT2D eigenvalue weighted by Gasteiger charge is 2.23. The first-order chi connectivity index (χ1) is 10.6. The predicted molar refractivity (Wildman–Crippen MR) is 78.3 cm³/mol. The minimum atomic E-state index is -0.532. The molecule has 22 heavy (non-hydrogen) atoms. The van der Waals surface area contributed by atoms with Gasteiger partial charge in [0.1, 0.15) is 23.1 Å². The number of pyridine rings is 1. The molecule has 0 aliphatic carbocycles. The van der Waals surface area contributed by atoms with Crippen LogP contribution in [0.15, 0.2) is 27.6 Å². The molecular formula is C16H15N3O3. The number of nitrogens with one attached hydrogen (secondary N) is 1. The molecule has 112 valence electrons. The lowest BCUT2D eigenvalue weighted by molar-refractivity contribution is 0.0739. The summed E-state index contributed by atoms with van der Waals surface area (Å²) in [6.07, 6.45) is 3.24. The molecule has 0 fully saturated rings. The molecule has 3 heterocycles. The Morgan fingerprint density at radius 2 is 2.32 bits per heavy atom. The number of amides is 1. The quantitative estimate of drug-likeness (QED) is 0.868. The number of nitrogens with zero attached hydrogens (tertiary/aromatic N) is 2. The van der Waals surface area contributed by atoms with Gasteiger partial charge in [0.25, 0.3) is 11.5 Å². The van der Waals surface area contributed by atoms with Gasteiger partial charge in [-0.3, -0.25) is 9.59 Å². The van der Waals surface area contributed by atoms with E-state index in [1.54, 1.807) is 18.1 Å². The van der Waals surface area contributed by atoms with Crippen LogP contribution in [0.1, 0.15) is 39.4 Å². The Morgan fingerprint density at radius 3 is 3.09 bits per heavy atom. The summed E-state index contributed by atoms with van der Waals surface area (Å²) in [5.41, 5.74) is 1.32. The van der Waals surface area contributed by atoms with Crippen molar-refractivity contribution in [2.75, 3.05) is 6.54 Å². The molecule has 2 aromatic heterocycles. The van der Waals surface area contributed by atoms with Gasteiger partial charge in [-0.05, 0) is 31.0 Å². The van der Waals surface area contributed by atoms with Crippen LogP contribution >= 0.6 is 0 Å². The van der Waals surface area contributed by atoms with Crippen molar-refractivity contribution in [3.8, 4) is 6.07 Å². The van der Waals surface area contributed by atoms with Gasteiger partial charge in [-0.1, -0.05) is 0 Å². The van der Waals surface area contributed by atoms with Crippen molar-refractivity contribution in [2.45, 2.75) is 26.3 Å². The van der Waals surface area contributed by atoms with Crippen LogP contribution in [0.3, 0.4) is 0 Å². The molecule has 0 bridgehead atoms. The van der Waals surface area contributed by atoms with Gasteiger partial charge < -0.3 is 14.3 Å². The maximum absolute atomic E-state index is 12.7. The number of furan rings is 1. The molecule has 2 aromatic rings. The van der Waals surface area contributed by atoms with E-state index in [1.165, 1.54) is 6.07 Å². The average molecular weight is 297 g/mol. The van der Waals surface area contributed by atoms with Crippen LogP contribution in [0.2, 0.25) is 0 Å². The summed E-state index contributed by atoms with van der Waals surface area (Å²) in [7, 11) is 0. The smallest absolute Gasteiger partial charge is 0.270 e. The molecule has 6 heteroatoms. The summed E-state index contributed by atoms with van der Waals surface area (Å²) in [5.74, 6) is 0.688. The second-order valence-corrected chi connectivity index (χ2v) is 5.38. The maximum atomic E-state index is 12.7. The second-order valence-electron chi connectivity index (χ2n) is 5.38. The van der Waals surface area contributed by atoms with Crippen molar-refractivity contribution >= 4 is 5.91 Å². The molecule has 0 saturated heterocycles. The Bertz CT molecular complexity index is 826. The molecule has 3 rings (SSSR count).